The summed E-state index contributed by atoms with van der Waals surface area (Å²) in [7, 11) is 0. The van der Waals surface area contributed by atoms with Gasteiger partial charge < -0.3 is 0 Å². The predicted octanol–water partition coefficient (Wildman–Crippen LogP) is 1.99. The Bertz CT molecular complexity index is 362. The fourth-order valence-electron chi connectivity index (χ4n) is 0.859. The number of aromatic nitrogens is 3. The Labute approximate surface area is 81.6 Å². The Kier molecular flexibility index (Phi) is 1.72. The fraction of sp³-hybridized carbons (Fsp3) is 0. The zero-order valence-electron chi connectivity index (χ0n) is 5.33. The average Bonchev–Trinajstić information content (AvgIpc) is 2.45. The highest BCUT2D eigenvalue weighted by Gasteiger charge is 2.02. The molecular weight excluding hydrogens is 276 g/mol. The molecule has 11 heavy (non-hydrogen) atoms. The first-order valence-electron chi connectivity index (χ1n) is 2.92. The first-order valence-corrected chi connectivity index (χ1v) is 4.38. The van der Waals surface area contributed by atoms with Crippen molar-refractivity contribution < 1.29 is 0 Å². The van der Waals surface area contributed by atoms with E-state index in [0.29, 0.717) is 5.28 Å². The predicted molar refractivity (Wildman–Crippen MR) is 50.7 cm³/mol. The van der Waals surface area contributed by atoms with E-state index >= 15 is 0 Å². The minimum atomic E-state index is 0.443. The highest BCUT2D eigenvalue weighted by Crippen LogP contribution is 2.14. The van der Waals surface area contributed by atoms with E-state index in [-0.39, 0.29) is 0 Å². The number of hydrogen-bond donors (Lipinski definition) is 0. The first-order chi connectivity index (χ1) is 5.29. The van der Waals surface area contributed by atoms with Crippen molar-refractivity contribution in [3.63, 3.8) is 0 Å². The monoisotopic (exact) mass is 279 g/mol. The molecule has 0 aliphatic heterocycles. The largest absolute Gasteiger partial charge is 0.274 e. The normalized spacial score (nSPS) is 10.7. The molecule has 0 aliphatic rings. The SMILES string of the molecule is Clc1ncc(I)c2nccn12. The Balaban J connectivity index is 2.96. The van der Waals surface area contributed by atoms with E-state index in [0.717, 1.165) is 9.22 Å². The second-order valence-electron chi connectivity index (χ2n) is 2.00. The minimum Gasteiger partial charge on any atom is -0.274 e. The quantitative estimate of drug-likeness (QED) is 0.545. The van der Waals surface area contributed by atoms with Gasteiger partial charge >= 0.3 is 0 Å². The van der Waals surface area contributed by atoms with Crippen molar-refractivity contribution in [1.82, 2.24) is 14.4 Å². The van der Waals surface area contributed by atoms with Gasteiger partial charge in [0, 0.05) is 18.6 Å². The molecule has 0 N–H and O–H groups in total. The van der Waals surface area contributed by atoms with Crippen LogP contribution < -0.4 is 0 Å². The number of halogens is 2. The van der Waals surface area contributed by atoms with Gasteiger partial charge in [-0.25, -0.2) is 9.97 Å². The molecule has 0 aliphatic carbocycles. The molecular formula is C6H3ClIN3. The number of imidazole rings is 1. The van der Waals surface area contributed by atoms with Crippen LogP contribution in [0.4, 0.5) is 0 Å². The molecule has 0 atom stereocenters. The molecule has 3 nitrogen and oxygen atoms in total. The molecule has 2 aromatic heterocycles. The number of rotatable bonds is 0. The molecule has 56 valence electrons. The maximum atomic E-state index is 5.78. The summed E-state index contributed by atoms with van der Waals surface area (Å²) in [5, 5.41) is 0.443. The van der Waals surface area contributed by atoms with E-state index in [2.05, 4.69) is 32.6 Å². The van der Waals surface area contributed by atoms with Crippen LogP contribution in [-0.2, 0) is 0 Å². The molecule has 0 bridgehead atoms. The summed E-state index contributed by atoms with van der Waals surface area (Å²) in [6, 6.07) is 0. The Morgan fingerprint density at radius 2 is 2.27 bits per heavy atom. The van der Waals surface area contributed by atoms with E-state index < -0.39 is 0 Å². The van der Waals surface area contributed by atoms with Crippen LogP contribution in [0.3, 0.4) is 0 Å². The van der Waals surface area contributed by atoms with Gasteiger partial charge in [0.1, 0.15) is 0 Å². The van der Waals surface area contributed by atoms with Crippen LogP contribution in [0.15, 0.2) is 18.6 Å². The lowest BCUT2D eigenvalue weighted by molar-refractivity contribution is 1.08. The lowest BCUT2D eigenvalue weighted by Crippen LogP contribution is -1.91. The summed E-state index contributed by atoms with van der Waals surface area (Å²) in [5.41, 5.74) is 0.852. The molecule has 0 saturated carbocycles. The topological polar surface area (TPSA) is 30.2 Å². The summed E-state index contributed by atoms with van der Waals surface area (Å²) < 4.78 is 2.74. The molecule has 0 saturated heterocycles. The van der Waals surface area contributed by atoms with Crippen molar-refractivity contribution in [3.8, 4) is 0 Å². The van der Waals surface area contributed by atoms with Crippen molar-refractivity contribution in [2.75, 3.05) is 0 Å². The molecule has 2 heterocycles. The van der Waals surface area contributed by atoms with E-state index in [4.69, 9.17) is 11.6 Å². The molecule has 5 heteroatoms. The molecule has 0 amide bonds. The minimum absolute atomic E-state index is 0.443. The molecule has 0 radical (unpaired) electrons. The lowest BCUT2D eigenvalue weighted by Gasteiger charge is -1.96. The smallest absolute Gasteiger partial charge is 0.208 e. The Morgan fingerprint density at radius 3 is 3.00 bits per heavy atom. The van der Waals surface area contributed by atoms with E-state index in [1.807, 2.05) is 0 Å². The third-order valence-electron chi connectivity index (χ3n) is 1.34. The second-order valence-corrected chi connectivity index (χ2v) is 3.50. The van der Waals surface area contributed by atoms with E-state index in [1.54, 1.807) is 23.0 Å². The van der Waals surface area contributed by atoms with Gasteiger partial charge in [-0.3, -0.25) is 4.40 Å². The van der Waals surface area contributed by atoms with Crippen LogP contribution in [0, 0.1) is 3.57 Å². The van der Waals surface area contributed by atoms with E-state index in [9.17, 15) is 0 Å². The summed E-state index contributed by atoms with van der Waals surface area (Å²) in [5.74, 6) is 0. The number of hydrogen-bond acceptors (Lipinski definition) is 2. The van der Waals surface area contributed by atoms with Crippen molar-refractivity contribution in [3.05, 3.63) is 27.4 Å². The van der Waals surface area contributed by atoms with Gasteiger partial charge in [0.2, 0.25) is 5.28 Å². The summed E-state index contributed by atoms with van der Waals surface area (Å²) >= 11 is 7.95. The molecule has 0 spiro atoms. The molecule has 0 fully saturated rings. The highest BCUT2D eigenvalue weighted by atomic mass is 127. The first kappa shape index (κ1) is 7.30. The van der Waals surface area contributed by atoms with Crippen molar-refractivity contribution in [2.24, 2.45) is 0 Å². The van der Waals surface area contributed by atoms with Gasteiger partial charge in [-0.2, -0.15) is 0 Å². The van der Waals surface area contributed by atoms with Crippen LogP contribution in [0.1, 0.15) is 0 Å². The van der Waals surface area contributed by atoms with E-state index in [1.165, 1.54) is 0 Å². The van der Waals surface area contributed by atoms with Gasteiger partial charge in [0.05, 0.1) is 3.57 Å². The zero-order valence-corrected chi connectivity index (χ0v) is 8.24. The Hall–Kier alpha value is -0.360. The van der Waals surface area contributed by atoms with Crippen LogP contribution in [0.5, 0.6) is 0 Å². The third-order valence-corrected chi connectivity index (χ3v) is 2.38. The molecule has 2 aromatic rings. The Morgan fingerprint density at radius 1 is 1.45 bits per heavy atom. The summed E-state index contributed by atoms with van der Waals surface area (Å²) in [6.07, 6.45) is 5.18. The standard InChI is InChI=1S/C6H3ClIN3/c7-6-10-3-4(8)5-9-1-2-11(5)6/h1-3H. The highest BCUT2D eigenvalue weighted by molar-refractivity contribution is 14.1. The summed E-state index contributed by atoms with van der Waals surface area (Å²) in [4.78, 5) is 8.07. The van der Waals surface area contributed by atoms with Crippen LogP contribution >= 0.6 is 34.2 Å². The van der Waals surface area contributed by atoms with Gasteiger partial charge in [-0.05, 0) is 34.2 Å². The maximum Gasteiger partial charge on any atom is 0.208 e. The second kappa shape index (κ2) is 2.60. The maximum absolute atomic E-state index is 5.78. The molecule has 0 unspecified atom stereocenters. The van der Waals surface area contributed by atoms with Gasteiger partial charge in [-0.15, -0.1) is 0 Å². The van der Waals surface area contributed by atoms with Crippen molar-refractivity contribution in [1.29, 1.82) is 0 Å². The van der Waals surface area contributed by atoms with Gasteiger partial charge in [0.15, 0.2) is 5.65 Å². The summed E-state index contributed by atoms with van der Waals surface area (Å²) in [6.45, 7) is 0. The van der Waals surface area contributed by atoms with Crippen LogP contribution in [0.25, 0.3) is 5.65 Å². The zero-order chi connectivity index (χ0) is 7.84. The lowest BCUT2D eigenvalue weighted by atomic mass is 10.6. The average molecular weight is 279 g/mol. The van der Waals surface area contributed by atoms with Crippen LogP contribution in [-0.4, -0.2) is 14.4 Å². The number of nitrogens with zero attached hydrogens (tertiary/aromatic N) is 3. The molecule has 0 aromatic carbocycles. The number of fused-ring (bicyclic) bond motifs is 1. The van der Waals surface area contributed by atoms with Crippen molar-refractivity contribution in [2.45, 2.75) is 0 Å². The fourth-order valence-corrected chi connectivity index (χ4v) is 1.58. The van der Waals surface area contributed by atoms with Gasteiger partial charge in [0.25, 0.3) is 0 Å². The van der Waals surface area contributed by atoms with Gasteiger partial charge in [-0.1, -0.05) is 0 Å². The third kappa shape index (κ3) is 1.10. The van der Waals surface area contributed by atoms with Crippen LogP contribution in [0.2, 0.25) is 5.28 Å². The molecule has 2 rings (SSSR count). The van der Waals surface area contributed by atoms with Crippen molar-refractivity contribution >= 4 is 39.8 Å².